The Hall–Kier alpha value is -6.16. The minimum atomic E-state index is 0.916. The van der Waals surface area contributed by atoms with Crippen LogP contribution in [0.4, 0.5) is 5.69 Å². The van der Waals surface area contributed by atoms with Gasteiger partial charge in [-0.1, -0.05) is 127 Å². The van der Waals surface area contributed by atoms with Crippen LogP contribution in [0.3, 0.4) is 0 Å². The Kier molecular flexibility index (Phi) is 7.18. The van der Waals surface area contributed by atoms with Gasteiger partial charge in [0.05, 0.1) is 0 Å². The molecule has 2 aromatic heterocycles. The van der Waals surface area contributed by atoms with Gasteiger partial charge in [-0.2, -0.15) is 0 Å². The quantitative estimate of drug-likeness (QED) is 0.190. The predicted molar refractivity (Wildman–Crippen MR) is 217 cm³/mol. The third kappa shape index (κ3) is 5.34. The van der Waals surface area contributed by atoms with E-state index in [0.717, 1.165) is 34.9 Å². The van der Waals surface area contributed by atoms with E-state index in [1.807, 2.05) is 11.3 Å². The van der Waals surface area contributed by atoms with Gasteiger partial charge in [-0.05, 0) is 99.8 Å². The molecule has 0 spiro atoms. The molecule has 0 unspecified atom stereocenters. The Labute approximate surface area is 300 Å². The molecule has 0 amide bonds. The Morgan fingerprint density at radius 1 is 0.490 bits per heavy atom. The Bertz CT molecular complexity index is 2860. The maximum absolute atomic E-state index is 6.51. The number of thiophene rings is 1. The third-order valence-corrected chi connectivity index (χ3v) is 11.3. The first kappa shape index (κ1) is 29.7. The van der Waals surface area contributed by atoms with E-state index in [-0.39, 0.29) is 0 Å². The van der Waals surface area contributed by atoms with Gasteiger partial charge in [-0.3, -0.25) is 0 Å². The van der Waals surface area contributed by atoms with E-state index in [0.29, 0.717) is 0 Å². The predicted octanol–water partition coefficient (Wildman–Crippen LogP) is 12.3. The molecular weight excluding hydrogens is 639 g/mol. The highest BCUT2D eigenvalue weighted by molar-refractivity contribution is 7.25. The lowest BCUT2D eigenvalue weighted by molar-refractivity contribution is 0.571. The molecule has 0 radical (unpaired) electrons. The van der Waals surface area contributed by atoms with Crippen LogP contribution in [-0.4, -0.2) is 0 Å². The summed E-state index contributed by atoms with van der Waals surface area (Å²) in [6.07, 6.45) is 4.10. The Balaban J connectivity index is 0.995. The Morgan fingerprint density at radius 2 is 1.12 bits per heavy atom. The van der Waals surface area contributed by atoms with E-state index in [1.54, 1.807) is 0 Å². The van der Waals surface area contributed by atoms with Crippen molar-refractivity contribution in [3.05, 3.63) is 174 Å². The maximum atomic E-state index is 6.51. The first-order valence-electron chi connectivity index (χ1n) is 17.6. The minimum absolute atomic E-state index is 0.916. The van der Waals surface area contributed by atoms with E-state index in [2.05, 4.69) is 175 Å². The molecule has 3 heteroatoms. The fourth-order valence-corrected chi connectivity index (χ4v) is 8.77. The van der Waals surface area contributed by atoms with Crippen LogP contribution in [0.5, 0.6) is 0 Å². The molecule has 0 bridgehead atoms. The molecule has 2 heterocycles. The minimum Gasteiger partial charge on any atom is -0.456 e. The molecule has 1 N–H and O–H groups in total. The third-order valence-electron chi connectivity index (χ3n) is 10.2. The fraction of sp³-hybridized carbons (Fsp3) is 0.0417. The van der Waals surface area contributed by atoms with Crippen LogP contribution < -0.4 is 16.0 Å². The van der Waals surface area contributed by atoms with E-state index >= 15 is 0 Å². The van der Waals surface area contributed by atoms with Crippen molar-refractivity contribution in [3.8, 4) is 44.5 Å². The number of anilines is 1. The Morgan fingerprint density at radius 3 is 1.96 bits per heavy atom. The average molecular weight is 672 g/mol. The monoisotopic (exact) mass is 671 g/mol. The summed E-state index contributed by atoms with van der Waals surface area (Å²) in [7, 11) is 0. The van der Waals surface area contributed by atoms with Crippen molar-refractivity contribution in [1.82, 2.24) is 0 Å². The van der Waals surface area contributed by atoms with Gasteiger partial charge in [0, 0.05) is 42.2 Å². The largest absolute Gasteiger partial charge is 0.456 e. The number of hydrogen-bond donors (Lipinski definition) is 1. The van der Waals surface area contributed by atoms with E-state index in [4.69, 9.17) is 4.42 Å². The molecule has 0 atom stereocenters. The summed E-state index contributed by atoms with van der Waals surface area (Å²) in [4.78, 5) is 0. The molecule has 0 fully saturated rings. The first-order chi connectivity index (χ1) is 25.2. The highest BCUT2D eigenvalue weighted by Crippen LogP contribution is 2.37. The SMILES string of the molecule is C1=c2oc3cccc(-c4cccc(-c5ccc(-c6ccccc6)cc5)c4)c3c2=C(Nc2ccc(-c3ccc4c(c3)sc3ccccc34)cc2)CC1. The van der Waals surface area contributed by atoms with Gasteiger partial charge >= 0.3 is 0 Å². The molecule has 1 aliphatic rings. The van der Waals surface area contributed by atoms with Crippen molar-refractivity contribution in [1.29, 1.82) is 0 Å². The molecule has 0 aliphatic heterocycles. The van der Waals surface area contributed by atoms with Crippen molar-refractivity contribution in [2.45, 2.75) is 12.8 Å². The number of hydrogen-bond acceptors (Lipinski definition) is 3. The summed E-state index contributed by atoms with van der Waals surface area (Å²) >= 11 is 1.86. The summed E-state index contributed by atoms with van der Waals surface area (Å²) in [6.45, 7) is 0. The van der Waals surface area contributed by atoms with Gasteiger partial charge in [0.25, 0.3) is 0 Å². The van der Waals surface area contributed by atoms with Crippen LogP contribution in [0, 0.1) is 0 Å². The molecule has 51 heavy (non-hydrogen) atoms. The second kappa shape index (κ2) is 12.3. The maximum Gasteiger partial charge on any atom is 0.136 e. The van der Waals surface area contributed by atoms with Crippen molar-refractivity contribution in [2.24, 2.45) is 0 Å². The van der Waals surface area contributed by atoms with E-state index in [9.17, 15) is 0 Å². The smallest absolute Gasteiger partial charge is 0.136 e. The molecule has 2 nitrogen and oxygen atoms in total. The molecule has 242 valence electrons. The van der Waals surface area contributed by atoms with E-state index in [1.165, 1.54) is 75.6 Å². The lowest BCUT2D eigenvalue weighted by Crippen LogP contribution is -2.29. The second-order valence-electron chi connectivity index (χ2n) is 13.3. The van der Waals surface area contributed by atoms with Gasteiger partial charge in [0.2, 0.25) is 0 Å². The van der Waals surface area contributed by atoms with Gasteiger partial charge < -0.3 is 9.73 Å². The standard InChI is InChI=1S/C48H33NOS/c1-2-9-31(10-3-1)32-19-21-33(22-20-32)35-11-6-12-37(29-35)39-14-7-16-43-47(39)48-42(15-8-17-44(48)50-43)49-38-26-23-34(24-27-38)36-25-28-41-40-13-4-5-18-45(40)51-46(41)30-36/h1-7,9-14,16-30,49H,8,15H2. The van der Waals surface area contributed by atoms with Crippen molar-refractivity contribution in [3.63, 3.8) is 0 Å². The zero-order valence-electron chi connectivity index (χ0n) is 27.9. The molecule has 0 saturated carbocycles. The summed E-state index contributed by atoms with van der Waals surface area (Å²) in [5.74, 6) is 0. The lowest BCUT2D eigenvalue weighted by atomic mass is 9.94. The van der Waals surface area contributed by atoms with Crippen LogP contribution in [0.25, 0.3) is 87.4 Å². The first-order valence-corrected chi connectivity index (χ1v) is 18.4. The van der Waals surface area contributed by atoms with Crippen molar-refractivity contribution < 1.29 is 4.42 Å². The fourth-order valence-electron chi connectivity index (χ4n) is 7.63. The van der Waals surface area contributed by atoms with Crippen LogP contribution in [0.2, 0.25) is 0 Å². The van der Waals surface area contributed by atoms with E-state index < -0.39 is 0 Å². The second-order valence-corrected chi connectivity index (χ2v) is 14.4. The molecule has 10 rings (SSSR count). The van der Waals surface area contributed by atoms with Crippen LogP contribution in [0.1, 0.15) is 12.8 Å². The highest BCUT2D eigenvalue weighted by Gasteiger charge is 2.17. The summed E-state index contributed by atoms with van der Waals surface area (Å²) in [6, 6.07) is 59.1. The topological polar surface area (TPSA) is 25.2 Å². The van der Waals surface area contributed by atoms with Crippen molar-refractivity contribution in [2.75, 3.05) is 5.32 Å². The lowest BCUT2D eigenvalue weighted by Gasteiger charge is -2.14. The molecule has 9 aromatic rings. The van der Waals surface area contributed by atoms with Crippen LogP contribution in [-0.2, 0) is 0 Å². The molecule has 7 aromatic carbocycles. The zero-order valence-corrected chi connectivity index (χ0v) is 28.7. The highest BCUT2D eigenvalue weighted by atomic mass is 32.1. The number of rotatable bonds is 6. The molecule has 0 saturated heterocycles. The molecule has 1 aliphatic carbocycles. The zero-order chi connectivity index (χ0) is 33.7. The summed E-state index contributed by atoms with van der Waals surface area (Å²) in [5.41, 5.74) is 13.8. The van der Waals surface area contributed by atoms with Gasteiger partial charge in [-0.15, -0.1) is 11.3 Å². The van der Waals surface area contributed by atoms with Crippen LogP contribution in [0.15, 0.2) is 168 Å². The van der Waals surface area contributed by atoms with Gasteiger partial charge in [0.1, 0.15) is 11.0 Å². The van der Waals surface area contributed by atoms with Crippen LogP contribution >= 0.6 is 11.3 Å². The summed E-state index contributed by atoms with van der Waals surface area (Å²) < 4.78 is 9.17. The van der Waals surface area contributed by atoms with Gasteiger partial charge in [0.15, 0.2) is 0 Å². The normalized spacial score (nSPS) is 12.7. The average Bonchev–Trinajstić information content (AvgIpc) is 3.77. The number of benzene rings is 7. The van der Waals surface area contributed by atoms with Gasteiger partial charge in [-0.25, -0.2) is 0 Å². The molecular formula is C48H33NOS. The summed E-state index contributed by atoms with van der Waals surface area (Å²) in [5, 5.41) is 8.81. The number of fused-ring (bicyclic) bond motifs is 6. The number of furan rings is 1. The number of nitrogens with one attached hydrogen (secondary N) is 1. The van der Waals surface area contributed by atoms with Crippen molar-refractivity contribution >= 4 is 59.9 Å².